The molecule has 1 atom stereocenters. The first-order valence-electron chi connectivity index (χ1n) is 6.70. The van der Waals surface area contributed by atoms with Crippen LogP contribution in [0.5, 0.6) is 0 Å². The van der Waals surface area contributed by atoms with Crippen LogP contribution in [0.2, 0.25) is 5.02 Å². The third-order valence-electron chi connectivity index (χ3n) is 3.74. The van der Waals surface area contributed by atoms with E-state index in [1.165, 1.54) is 0 Å². The lowest BCUT2D eigenvalue weighted by Crippen LogP contribution is -2.28. The van der Waals surface area contributed by atoms with Crippen LogP contribution in [0.15, 0.2) is 12.1 Å². The Morgan fingerprint density at radius 2 is 2.25 bits per heavy atom. The van der Waals surface area contributed by atoms with Crippen LogP contribution in [0.25, 0.3) is 0 Å². The number of fused-ring (bicyclic) bond motifs is 1. The third-order valence-corrected chi connectivity index (χ3v) is 4.05. The second-order valence-electron chi connectivity index (χ2n) is 5.47. The first kappa shape index (κ1) is 13.4. The fraction of sp³-hybridized carbons (Fsp3) is 0.429. The molecule has 6 heteroatoms. The average Bonchev–Trinajstić information content (AvgIpc) is 3.14. The van der Waals surface area contributed by atoms with E-state index in [-0.39, 0.29) is 17.9 Å². The number of rotatable bonds is 4. The summed E-state index contributed by atoms with van der Waals surface area (Å²) in [4.78, 5) is 23.3. The number of hydrogen-bond acceptors (Lipinski definition) is 3. The zero-order chi connectivity index (χ0) is 14.3. The van der Waals surface area contributed by atoms with Gasteiger partial charge in [-0.2, -0.15) is 0 Å². The van der Waals surface area contributed by atoms with Crippen molar-refractivity contribution in [3.63, 3.8) is 0 Å². The first-order valence-corrected chi connectivity index (χ1v) is 7.08. The van der Waals surface area contributed by atoms with Gasteiger partial charge in [0.15, 0.2) is 0 Å². The van der Waals surface area contributed by atoms with E-state index in [1.807, 2.05) is 0 Å². The number of nitrogens with one attached hydrogen (secondary N) is 2. The molecular weight excluding hydrogens is 278 g/mol. The van der Waals surface area contributed by atoms with E-state index >= 15 is 0 Å². The van der Waals surface area contributed by atoms with Crippen molar-refractivity contribution in [2.24, 2.45) is 11.7 Å². The molecule has 1 fully saturated rings. The van der Waals surface area contributed by atoms with E-state index in [9.17, 15) is 9.59 Å². The number of carbonyl (C=O) groups excluding carboxylic acids is 2. The Balaban J connectivity index is 1.69. The van der Waals surface area contributed by atoms with Crippen molar-refractivity contribution in [1.29, 1.82) is 0 Å². The molecule has 0 radical (unpaired) electrons. The summed E-state index contributed by atoms with van der Waals surface area (Å²) in [6, 6.07) is 3.33. The van der Waals surface area contributed by atoms with Crippen molar-refractivity contribution in [3.05, 3.63) is 22.7 Å². The maximum absolute atomic E-state index is 11.9. The highest BCUT2D eigenvalue weighted by molar-refractivity contribution is 6.34. The first-order chi connectivity index (χ1) is 9.52. The Morgan fingerprint density at radius 3 is 2.95 bits per heavy atom. The minimum Gasteiger partial charge on any atom is -0.327 e. The van der Waals surface area contributed by atoms with Gasteiger partial charge in [0.05, 0.1) is 17.1 Å². The summed E-state index contributed by atoms with van der Waals surface area (Å²) >= 11 is 6.11. The lowest BCUT2D eigenvalue weighted by molar-refractivity contribution is -0.116. The Hall–Kier alpha value is -1.59. The maximum atomic E-state index is 11.9. The quantitative estimate of drug-likeness (QED) is 0.793. The molecule has 4 N–H and O–H groups in total. The van der Waals surface area contributed by atoms with Crippen LogP contribution < -0.4 is 16.4 Å². The van der Waals surface area contributed by atoms with Gasteiger partial charge in [-0.3, -0.25) is 9.59 Å². The lowest BCUT2D eigenvalue weighted by atomic mass is 10.1. The minimum absolute atomic E-state index is 0.0599. The van der Waals surface area contributed by atoms with Gasteiger partial charge < -0.3 is 16.4 Å². The molecule has 2 aliphatic rings. The van der Waals surface area contributed by atoms with E-state index in [0.29, 0.717) is 35.2 Å². The highest BCUT2D eigenvalue weighted by Gasteiger charge is 2.30. The lowest BCUT2D eigenvalue weighted by Gasteiger charge is -2.12. The SMILES string of the molecule is NC(CC(=O)Nc1cc2c(cc1Cl)NC(=O)C2)C1CC1. The molecule has 0 aromatic heterocycles. The Morgan fingerprint density at radius 1 is 1.50 bits per heavy atom. The van der Waals surface area contributed by atoms with Gasteiger partial charge in [-0.05, 0) is 36.5 Å². The summed E-state index contributed by atoms with van der Waals surface area (Å²) in [6.07, 6.45) is 2.84. The standard InChI is InChI=1S/C14H16ClN3O2/c15-9-5-11-8(4-13(19)17-11)3-12(9)18-14(20)6-10(16)7-1-2-7/h3,5,7,10H,1-2,4,6,16H2,(H,17,19)(H,18,20). The Kier molecular flexibility index (Phi) is 3.40. The summed E-state index contributed by atoms with van der Waals surface area (Å²) in [7, 11) is 0. The van der Waals surface area contributed by atoms with Crippen LogP contribution in [-0.2, 0) is 16.0 Å². The van der Waals surface area contributed by atoms with Gasteiger partial charge in [-0.15, -0.1) is 0 Å². The van der Waals surface area contributed by atoms with Crippen molar-refractivity contribution in [1.82, 2.24) is 0 Å². The number of halogens is 1. The molecule has 1 saturated carbocycles. The molecule has 1 aromatic carbocycles. The zero-order valence-electron chi connectivity index (χ0n) is 10.9. The predicted octanol–water partition coefficient (Wildman–Crippen LogP) is 1.90. The zero-order valence-corrected chi connectivity index (χ0v) is 11.7. The van der Waals surface area contributed by atoms with Gasteiger partial charge in [-0.1, -0.05) is 11.6 Å². The smallest absolute Gasteiger partial charge is 0.228 e. The van der Waals surface area contributed by atoms with Gasteiger partial charge in [0.1, 0.15) is 0 Å². The van der Waals surface area contributed by atoms with Crippen LogP contribution in [-0.4, -0.2) is 17.9 Å². The second kappa shape index (κ2) is 5.07. The fourth-order valence-corrected chi connectivity index (χ4v) is 2.66. The minimum atomic E-state index is -0.136. The molecule has 1 heterocycles. The summed E-state index contributed by atoms with van der Waals surface area (Å²) in [5.41, 5.74) is 8.03. The number of nitrogens with two attached hydrogens (primary N) is 1. The molecule has 0 bridgehead atoms. The second-order valence-corrected chi connectivity index (χ2v) is 5.87. The molecule has 1 aromatic rings. The molecule has 0 spiro atoms. The van der Waals surface area contributed by atoms with E-state index < -0.39 is 0 Å². The fourth-order valence-electron chi connectivity index (χ4n) is 2.45. The monoisotopic (exact) mass is 293 g/mol. The van der Waals surface area contributed by atoms with Gasteiger partial charge in [0.2, 0.25) is 11.8 Å². The molecule has 20 heavy (non-hydrogen) atoms. The van der Waals surface area contributed by atoms with Crippen molar-refractivity contribution in [3.8, 4) is 0 Å². The van der Waals surface area contributed by atoms with Crippen LogP contribution in [0.3, 0.4) is 0 Å². The van der Waals surface area contributed by atoms with E-state index in [0.717, 1.165) is 18.4 Å². The topological polar surface area (TPSA) is 84.2 Å². The van der Waals surface area contributed by atoms with Crippen LogP contribution in [0.1, 0.15) is 24.8 Å². The van der Waals surface area contributed by atoms with Crippen molar-refractivity contribution >= 4 is 34.8 Å². The maximum Gasteiger partial charge on any atom is 0.228 e. The molecule has 2 amide bonds. The highest BCUT2D eigenvalue weighted by Crippen LogP contribution is 2.34. The summed E-state index contributed by atoms with van der Waals surface area (Å²) in [6.45, 7) is 0. The number of amides is 2. The van der Waals surface area contributed by atoms with Crippen molar-refractivity contribution < 1.29 is 9.59 Å². The number of benzene rings is 1. The van der Waals surface area contributed by atoms with Gasteiger partial charge >= 0.3 is 0 Å². The molecule has 1 aliphatic heterocycles. The average molecular weight is 294 g/mol. The number of anilines is 2. The Bertz CT molecular complexity index is 584. The van der Waals surface area contributed by atoms with E-state index in [4.69, 9.17) is 17.3 Å². The molecule has 3 rings (SSSR count). The summed E-state index contributed by atoms with van der Waals surface area (Å²) < 4.78 is 0. The molecular formula is C14H16ClN3O2. The van der Waals surface area contributed by atoms with Gasteiger partial charge in [0, 0.05) is 18.2 Å². The summed E-state index contributed by atoms with van der Waals surface area (Å²) in [5.74, 6) is 0.289. The summed E-state index contributed by atoms with van der Waals surface area (Å²) in [5, 5.41) is 5.91. The molecule has 5 nitrogen and oxygen atoms in total. The number of carbonyl (C=O) groups is 2. The predicted molar refractivity (Wildman–Crippen MR) is 77.7 cm³/mol. The van der Waals surface area contributed by atoms with Crippen LogP contribution in [0, 0.1) is 5.92 Å². The molecule has 0 saturated heterocycles. The van der Waals surface area contributed by atoms with Gasteiger partial charge in [-0.25, -0.2) is 0 Å². The Labute approximate surface area is 121 Å². The molecule has 1 aliphatic carbocycles. The highest BCUT2D eigenvalue weighted by atomic mass is 35.5. The normalized spacial score (nSPS) is 18.4. The van der Waals surface area contributed by atoms with Crippen molar-refractivity contribution in [2.45, 2.75) is 31.7 Å². The number of hydrogen-bond donors (Lipinski definition) is 3. The van der Waals surface area contributed by atoms with Crippen molar-refractivity contribution in [2.75, 3.05) is 10.6 Å². The molecule has 1 unspecified atom stereocenters. The molecule has 106 valence electrons. The van der Waals surface area contributed by atoms with Gasteiger partial charge in [0.25, 0.3) is 0 Å². The largest absolute Gasteiger partial charge is 0.327 e. The third kappa shape index (κ3) is 2.78. The van der Waals surface area contributed by atoms with Crippen LogP contribution >= 0.6 is 11.6 Å². The van der Waals surface area contributed by atoms with Crippen LogP contribution in [0.4, 0.5) is 11.4 Å². The van der Waals surface area contributed by atoms with E-state index in [2.05, 4.69) is 10.6 Å². The van der Waals surface area contributed by atoms with E-state index in [1.54, 1.807) is 12.1 Å².